The molecule has 0 bridgehead atoms. The van der Waals surface area contributed by atoms with E-state index in [1.54, 1.807) is 18.3 Å². The molecule has 0 spiro atoms. The fraction of sp³-hybridized carbons (Fsp3) is 0.167. The Balaban J connectivity index is 1.62. The maximum Gasteiger partial charge on any atom is 0.226 e. The molecule has 0 aliphatic carbocycles. The molecule has 0 aliphatic rings. The highest BCUT2D eigenvalue weighted by molar-refractivity contribution is 6.30. The molecule has 122 valence electrons. The second-order valence-electron chi connectivity index (χ2n) is 5.37. The highest BCUT2D eigenvalue weighted by Crippen LogP contribution is 2.21. The number of oxazole rings is 1. The van der Waals surface area contributed by atoms with E-state index in [4.69, 9.17) is 16.0 Å². The van der Waals surface area contributed by atoms with Crippen molar-refractivity contribution >= 4 is 17.5 Å². The van der Waals surface area contributed by atoms with Crippen LogP contribution in [0.15, 0.2) is 59.3 Å². The number of nitrogens with one attached hydrogen (secondary N) is 1. The van der Waals surface area contributed by atoms with Crippen molar-refractivity contribution in [2.45, 2.75) is 19.4 Å². The van der Waals surface area contributed by atoms with E-state index in [-0.39, 0.29) is 18.4 Å². The number of benzene rings is 1. The van der Waals surface area contributed by atoms with Crippen LogP contribution in [0, 0.1) is 0 Å². The number of pyridine rings is 1. The van der Waals surface area contributed by atoms with Crippen LogP contribution in [0.5, 0.6) is 0 Å². The first-order valence-electron chi connectivity index (χ1n) is 7.52. The Bertz CT molecular complexity index is 816. The van der Waals surface area contributed by atoms with Crippen LogP contribution in [0.1, 0.15) is 24.4 Å². The van der Waals surface area contributed by atoms with Gasteiger partial charge in [0.15, 0.2) is 0 Å². The Morgan fingerprint density at radius 1 is 1.25 bits per heavy atom. The molecule has 1 aromatic carbocycles. The first kappa shape index (κ1) is 16.2. The Morgan fingerprint density at radius 2 is 2.04 bits per heavy atom. The summed E-state index contributed by atoms with van der Waals surface area (Å²) < 4.78 is 5.43. The molecule has 3 aromatic rings. The summed E-state index contributed by atoms with van der Waals surface area (Å²) >= 11 is 5.86. The van der Waals surface area contributed by atoms with Gasteiger partial charge in [-0.25, -0.2) is 4.98 Å². The van der Waals surface area contributed by atoms with Gasteiger partial charge in [0.05, 0.1) is 23.9 Å². The third kappa shape index (κ3) is 4.00. The molecule has 0 saturated carbocycles. The van der Waals surface area contributed by atoms with Crippen LogP contribution < -0.4 is 5.32 Å². The van der Waals surface area contributed by atoms with Crippen LogP contribution in [-0.2, 0) is 11.2 Å². The summed E-state index contributed by atoms with van der Waals surface area (Å²) in [4.78, 5) is 20.7. The van der Waals surface area contributed by atoms with Gasteiger partial charge in [0.1, 0.15) is 6.26 Å². The number of amides is 1. The second-order valence-corrected chi connectivity index (χ2v) is 5.81. The normalized spacial score (nSPS) is 11.9. The van der Waals surface area contributed by atoms with Crippen LogP contribution in [0.3, 0.4) is 0 Å². The molecule has 0 radical (unpaired) electrons. The van der Waals surface area contributed by atoms with Gasteiger partial charge in [0.2, 0.25) is 11.8 Å². The van der Waals surface area contributed by atoms with Gasteiger partial charge in [-0.2, -0.15) is 0 Å². The summed E-state index contributed by atoms with van der Waals surface area (Å²) in [5.74, 6) is 0.330. The lowest BCUT2D eigenvalue weighted by Crippen LogP contribution is -2.28. The van der Waals surface area contributed by atoms with Gasteiger partial charge < -0.3 is 9.73 Å². The summed E-state index contributed by atoms with van der Waals surface area (Å²) in [5, 5.41) is 3.55. The molecule has 1 N–H and O–H groups in total. The number of nitrogens with zero attached hydrogens (tertiary/aromatic N) is 2. The SMILES string of the molecule is C[C@H](NC(=O)Cc1coc(-c2ccc(Cl)cc2)n1)c1ccccn1. The van der Waals surface area contributed by atoms with Crippen LogP contribution >= 0.6 is 11.6 Å². The summed E-state index contributed by atoms with van der Waals surface area (Å²) in [6.07, 6.45) is 3.34. The zero-order chi connectivity index (χ0) is 16.9. The van der Waals surface area contributed by atoms with E-state index < -0.39 is 0 Å². The summed E-state index contributed by atoms with van der Waals surface area (Å²) in [6, 6.07) is 12.6. The average molecular weight is 342 g/mol. The standard InChI is InChI=1S/C18H16ClN3O2/c1-12(16-4-2-3-9-20-16)21-17(23)10-15-11-24-18(22-15)13-5-7-14(19)8-6-13/h2-9,11-12H,10H2,1H3,(H,21,23)/t12-/m0/s1. The summed E-state index contributed by atoms with van der Waals surface area (Å²) in [6.45, 7) is 1.89. The minimum absolute atomic E-state index is 0.135. The third-order valence-electron chi connectivity index (χ3n) is 3.49. The molecule has 0 saturated heterocycles. The molecule has 0 aliphatic heterocycles. The predicted octanol–water partition coefficient (Wildman–Crippen LogP) is 3.81. The fourth-order valence-electron chi connectivity index (χ4n) is 2.28. The molecule has 0 fully saturated rings. The minimum atomic E-state index is -0.165. The zero-order valence-electron chi connectivity index (χ0n) is 13.1. The molecular weight excluding hydrogens is 326 g/mol. The Morgan fingerprint density at radius 3 is 2.75 bits per heavy atom. The summed E-state index contributed by atoms with van der Waals surface area (Å²) in [7, 11) is 0. The number of aromatic nitrogens is 2. The highest BCUT2D eigenvalue weighted by atomic mass is 35.5. The largest absolute Gasteiger partial charge is 0.444 e. The topological polar surface area (TPSA) is 68.0 Å². The van der Waals surface area contributed by atoms with Crippen molar-refractivity contribution < 1.29 is 9.21 Å². The van der Waals surface area contributed by atoms with Crippen LogP contribution in [0.25, 0.3) is 11.5 Å². The van der Waals surface area contributed by atoms with Crippen LogP contribution in [0.2, 0.25) is 5.02 Å². The van der Waals surface area contributed by atoms with Crippen molar-refractivity contribution in [3.63, 3.8) is 0 Å². The maximum atomic E-state index is 12.1. The molecule has 0 unspecified atom stereocenters. The molecule has 1 atom stereocenters. The molecule has 2 heterocycles. The van der Waals surface area contributed by atoms with Crippen molar-refractivity contribution in [1.82, 2.24) is 15.3 Å². The van der Waals surface area contributed by atoms with Gasteiger partial charge in [-0.1, -0.05) is 17.7 Å². The van der Waals surface area contributed by atoms with Gasteiger partial charge in [-0.05, 0) is 43.3 Å². The van der Waals surface area contributed by atoms with Crippen molar-refractivity contribution in [3.05, 3.63) is 71.3 Å². The molecule has 6 heteroatoms. The van der Waals surface area contributed by atoms with Crippen molar-refractivity contribution in [3.8, 4) is 11.5 Å². The van der Waals surface area contributed by atoms with Crippen LogP contribution in [0.4, 0.5) is 0 Å². The smallest absolute Gasteiger partial charge is 0.226 e. The monoisotopic (exact) mass is 341 g/mol. The van der Waals surface area contributed by atoms with Gasteiger partial charge in [0, 0.05) is 16.8 Å². The van der Waals surface area contributed by atoms with E-state index in [2.05, 4.69) is 15.3 Å². The van der Waals surface area contributed by atoms with E-state index in [9.17, 15) is 4.79 Å². The van der Waals surface area contributed by atoms with Gasteiger partial charge in [0.25, 0.3) is 0 Å². The maximum absolute atomic E-state index is 12.1. The molecule has 1 amide bonds. The lowest BCUT2D eigenvalue weighted by molar-refractivity contribution is -0.121. The second kappa shape index (κ2) is 7.27. The molecular formula is C18H16ClN3O2. The third-order valence-corrected chi connectivity index (χ3v) is 3.75. The number of hydrogen-bond acceptors (Lipinski definition) is 4. The van der Waals surface area contributed by atoms with Gasteiger partial charge in [-0.15, -0.1) is 0 Å². The quantitative estimate of drug-likeness (QED) is 0.766. The van der Waals surface area contributed by atoms with Gasteiger partial charge >= 0.3 is 0 Å². The molecule has 2 aromatic heterocycles. The van der Waals surface area contributed by atoms with E-state index in [0.29, 0.717) is 16.6 Å². The van der Waals surface area contributed by atoms with Crippen molar-refractivity contribution in [1.29, 1.82) is 0 Å². The Labute approximate surface area is 144 Å². The van der Waals surface area contributed by atoms with E-state index in [1.165, 1.54) is 6.26 Å². The number of carbonyl (C=O) groups is 1. The van der Waals surface area contributed by atoms with E-state index in [1.807, 2.05) is 37.3 Å². The lowest BCUT2D eigenvalue weighted by atomic mass is 10.2. The number of carbonyl (C=O) groups excluding carboxylic acids is 1. The van der Waals surface area contributed by atoms with Gasteiger partial charge in [-0.3, -0.25) is 9.78 Å². The molecule has 24 heavy (non-hydrogen) atoms. The predicted molar refractivity (Wildman–Crippen MR) is 91.4 cm³/mol. The van der Waals surface area contributed by atoms with Crippen molar-refractivity contribution in [2.24, 2.45) is 0 Å². The van der Waals surface area contributed by atoms with E-state index in [0.717, 1.165) is 11.3 Å². The average Bonchev–Trinajstić information content (AvgIpc) is 3.04. The fourth-order valence-corrected chi connectivity index (χ4v) is 2.40. The lowest BCUT2D eigenvalue weighted by Gasteiger charge is -2.12. The number of hydrogen-bond donors (Lipinski definition) is 1. The summed E-state index contributed by atoms with van der Waals surface area (Å²) in [5.41, 5.74) is 2.20. The Kier molecular flexibility index (Phi) is 4.91. The minimum Gasteiger partial charge on any atom is -0.444 e. The first-order chi connectivity index (χ1) is 11.6. The molecule has 5 nitrogen and oxygen atoms in total. The van der Waals surface area contributed by atoms with E-state index >= 15 is 0 Å². The first-order valence-corrected chi connectivity index (χ1v) is 7.90. The van der Waals surface area contributed by atoms with Crippen LogP contribution in [-0.4, -0.2) is 15.9 Å². The zero-order valence-corrected chi connectivity index (χ0v) is 13.8. The Hall–Kier alpha value is -2.66. The van der Waals surface area contributed by atoms with Crippen molar-refractivity contribution in [2.75, 3.05) is 0 Å². The molecule has 3 rings (SSSR count). The number of rotatable bonds is 5. The highest BCUT2D eigenvalue weighted by Gasteiger charge is 2.14. The number of halogens is 1.